The zero-order chi connectivity index (χ0) is 12.8. The molecule has 0 aliphatic heterocycles. The molecule has 2 aromatic rings. The van der Waals surface area contributed by atoms with Crippen molar-refractivity contribution in [2.75, 3.05) is 0 Å². The van der Waals surface area contributed by atoms with Crippen molar-refractivity contribution >= 4 is 6.29 Å². The van der Waals surface area contributed by atoms with E-state index in [4.69, 9.17) is 4.42 Å². The first-order chi connectivity index (χ1) is 8.86. The Morgan fingerprint density at radius 3 is 2.94 bits per heavy atom. The molecule has 0 bridgehead atoms. The first-order valence-electron chi connectivity index (χ1n) is 6.29. The molecule has 0 unspecified atom stereocenters. The van der Waals surface area contributed by atoms with Crippen LogP contribution in [0.25, 0.3) is 11.5 Å². The highest BCUT2D eigenvalue weighted by Gasteiger charge is 2.16. The molecule has 5 nitrogen and oxygen atoms in total. The summed E-state index contributed by atoms with van der Waals surface area (Å²) in [6.07, 6.45) is 6.90. The lowest BCUT2D eigenvalue weighted by molar-refractivity contribution is 0.111. The van der Waals surface area contributed by atoms with Crippen LogP contribution in [0.1, 0.15) is 43.1 Å². The van der Waals surface area contributed by atoms with E-state index in [9.17, 15) is 4.79 Å². The van der Waals surface area contributed by atoms with Crippen LogP contribution in [0.2, 0.25) is 0 Å². The number of hydrogen-bond donors (Lipinski definition) is 0. The predicted molar refractivity (Wildman–Crippen MR) is 67.3 cm³/mol. The van der Waals surface area contributed by atoms with Crippen LogP contribution in [0, 0.1) is 0 Å². The number of hydrogen-bond acceptors (Lipinski definition) is 4. The summed E-state index contributed by atoms with van der Waals surface area (Å²) in [5, 5.41) is 7.89. The van der Waals surface area contributed by atoms with E-state index in [1.165, 1.54) is 12.8 Å². The summed E-state index contributed by atoms with van der Waals surface area (Å²) in [6, 6.07) is 3.60. The summed E-state index contributed by atoms with van der Waals surface area (Å²) in [4.78, 5) is 11.0. The molecule has 0 atom stereocenters. The van der Waals surface area contributed by atoms with Gasteiger partial charge in [0, 0.05) is 6.54 Å². The van der Waals surface area contributed by atoms with E-state index in [1.54, 1.807) is 17.0 Å². The molecule has 0 saturated heterocycles. The van der Waals surface area contributed by atoms with Gasteiger partial charge in [0.2, 0.25) is 0 Å². The average molecular weight is 247 g/mol. The maximum Gasteiger partial charge on any atom is 0.172 e. The first-order valence-corrected chi connectivity index (χ1v) is 6.29. The molecule has 0 saturated carbocycles. The Balaban J connectivity index is 2.15. The number of aldehydes is 1. The standard InChI is InChI=1S/C13H17N3O2/c1-2-3-4-5-8-16-13(11(10-17)14-15-16)12-7-6-9-18-12/h6-7,9-10H,2-5,8H2,1H3. The molecule has 5 heteroatoms. The number of furan rings is 1. The number of nitrogens with zero attached hydrogens (tertiary/aromatic N) is 3. The number of rotatable bonds is 7. The minimum atomic E-state index is 0.334. The van der Waals surface area contributed by atoms with Crippen LogP contribution in [0.15, 0.2) is 22.8 Å². The van der Waals surface area contributed by atoms with Crippen molar-refractivity contribution in [1.82, 2.24) is 15.0 Å². The van der Waals surface area contributed by atoms with Crippen LogP contribution in [0.5, 0.6) is 0 Å². The molecule has 2 heterocycles. The minimum Gasteiger partial charge on any atom is -0.463 e. The van der Waals surface area contributed by atoms with Crippen molar-refractivity contribution < 1.29 is 9.21 Å². The second kappa shape index (κ2) is 6.14. The summed E-state index contributed by atoms with van der Waals surface area (Å²) < 4.78 is 7.08. The molecule has 18 heavy (non-hydrogen) atoms. The van der Waals surface area contributed by atoms with E-state index >= 15 is 0 Å². The second-order valence-electron chi connectivity index (χ2n) is 4.20. The lowest BCUT2D eigenvalue weighted by Gasteiger charge is -2.04. The Kier molecular flexibility index (Phi) is 4.28. The molecule has 0 spiro atoms. The Hall–Kier alpha value is -1.91. The number of carbonyl (C=O) groups is 1. The Morgan fingerprint density at radius 2 is 2.28 bits per heavy atom. The Bertz CT molecular complexity index is 488. The maximum atomic E-state index is 11.0. The highest BCUT2D eigenvalue weighted by molar-refractivity contribution is 5.81. The Morgan fingerprint density at radius 1 is 1.39 bits per heavy atom. The van der Waals surface area contributed by atoms with Gasteiger partial charge in [0.15, 0.2) is 17.7 Å². The van der Waals surface area contributed by atoms with Gasteiger partial charge in [-0.05, 0) is 18.6 Å². The molecule has 0 aliphatic rings. The van der Waals surface area contributed by atoms with Gasteiger partial charge in [-0.15, -0.1) is 5.10 Å². The van der Waals surface area contributed by atoms with Gasteiger partial charge in [-0.1, -0.05) is 31.4 Å². The third-order valence-electron chi connectivity index (χ3n) is 2.85. The fraction of sp³-hybridized carbons (Fsp3) is 0.462. The van der Waals surface area contributed by atoms with Gasteiger partial charge in [-0.25, -0.2) is 4.68 Å². The minimum absolute atomic E-state index is 0.334. The maximum absolute atomic E-state index is 11.0. The summed E-state index contributed by atoms with van der Waals surface area (Å²) in [5.41, 5.74) is 1.01. The summed E-state index contributed by atoms with van der Waals surface area (Å²) in [5.74, 6) is 0.637. The highest BCUT2D eigenvalue weighted by atomic mass is 16.3. The van der Waals surface area contributed by atoms with Crippen LogP contribution in [0.4, 0.5) is 0 Å². The summed E-state index contributed by atoms with van der Waals surface area (Å²) >= 11 is 0. The molecule has 0 aliphatic carbocycles. The van der Waals surface area contributed by atoms with E-state index in [0.717, 1.165) is 19.4 Å². The van der Waals surface area contributed by atoms with Crippen LogP contribution in [-0.4, -0.2) is 21.3 Å². The van der Waals surface area contributed by atoms with Gasteiger partial charge in [0.1, 0.15) is 5.69 Å². The second-order valence-corrected chi connectivity index (χ2v) is 4.20. The molecular formula is C13H17N3O2. The zero-order valence-electron chi connectivity index (χ0n) is 10.5. The molecule has 2 rings (SSSR count). The normalized spacial score (nSPS) is 10.7. The highest BCUT2D eigenvalue weighted by Crippen LogP contribution is 2.22. The van der Waals surface area contributed by atoms with Crippen molar-refractivity contribution in [2.45, 2.75) is 39.2 Å². The molecule has 2 aromatic heterocycles. The number of aromatic nitrogens is 3. The van der Waals surface area contributed by atoms with Gasteiger partial charge >= 0.3 is 0 Å². The van der Waals surface area contributed by atoms with Gasteiger partial charge in [-0.2, -0.15) is 0 Å². The lowest BCUT2D eigenvalue weighted by Crippen LogP contribution is -2.03. The summed E-state index contributed by atoms with van der Waals surface area (Å²) in [6.45, 7) is 2.94. The van der Waals surface area contributed by atoms with E-state index in [1.807, 2.05) is 6.07 Å². The largest absolute Gasteiger partial charge is 0.463 e. The number of carbonyl (C=O) groups excluding carboxylic acids is 1. The molecule has 96 valence electrons. The van der Waals surface area contributed by atoms with E-state index in [-0.39, 0.29) is 0 Å². The number of aryl methyl sites for hydroxylation is 1. The van der Waals surface area contributed by atoms with Crippen LogP contribution >= 0.6 is 0 Å². The van der Waals surface area contributed by atoms with Gasteiger partial charge in [-0.3, -0.25) is 4.79 Å². The lowest BCUT2D eigenvalue weighted by atomic mass is 10.2. The van der Waals surface area contributed by atoms with Gasteiger partial charge in [0.05, 0.1) is 6.26 Å². The molecule has 0 amide bonds. The van der Waals surface area contributed by atoms with Crippen molar-refractivity contribution in [1.29, 1.82) is 0 Å². The first kappa shape index (κ1) is 12.5. The van der Waals surface area contributed by atoms with Gasteiger partial charge < -0.3 is 4.42 Å². The third kappa shape index (κ3) is 2.67. The van der Waals surface area contributed by atoms with Crippen LogP contribution in [-0.2, 0) is 6.54 Å². The third-order valence-corrected chi connectivity index (χ3v) is 2.85. The fourth-order valence-electron chi connectivity index (χ4n) is 1.92. The molecule has 0 radical (unpaired) electrons. The van der Waals surface area contributed by atoms with E-state index in [0.29, 0.717) is 23.4 Å². The average Bonchev–Trinajstić information content (AvgIpc) is 3.02. The predicted octanol–water partition coefficient (Wildman–Crippen LogP) is 2.93. The molecular weight excluding hydrogens is 230 g/mol. The van der Waals surface area contributed by atoms with E-state index in [2.05, 4.69) is 17.2 Å². The van der Waals surface area contributed by atoms with Crippen molar-refractivity contribution in [2.24, 2.45) is 0 Å². The molecule has 0 aromatic carbocycles. The fourth-order valence-corrected chi connectivity index (χ4v) is 1.92. The van der Waals surface area contributed by atoms with E-state index < -0.39 is 0 Å². The quantitative estimate of drug-likeness (QED) is 0.557. The number of unbranched alkanes of at least 4 members (excludes halogenated alkanes) is 3. The molecule has 0 N–H and O–H groups in total. The Labute approximate surface area is 106 Å². The van der Waals surface area contributed by atoms with Crippen LogP contribution in [0.3, 0.4) is 0 Å². The smallest absolute Gasteiger partial charge is 0.172 e. The van der Waals surface area contributed by atoms with Crippen molar-refractivity contribution in [3.63, 3.8) is 0 Å². The zero-order valence-corrected chi connectivity index (χ0v) is 10.5. The monoisotopic (exact) mass is 247 g/mol. The summed E-state index contributed by atoms with van der Waals surface area (Å²) in [7, 11) is 0. The SMILES string of the molecule is CCCCCCn1nnc(C=O)c1-c1ccco1. The van der Waals surface area contributed by atoms with Gasteiger partial charge in [0.25, 0.3) is 0 Å². The topological polar surface area (TPSA) is 60.9 Å². The van der Waals surface area contributed by atoms with Crippen LogP contribution < -0.4 is 0 Å². The van der Waals surface area contributed by atoms with Crippen molar-refractivity contribution in [3.05, 3.63) is 24.1 Å². The van der Waals surface area contributed by atoms with Crippen molar-refractivity contribution in [3.8, 4) is 11.5 Å². The molecule has 0 fully saturated rings.